The third kappa shape index (κ3) is 6.52. The summed E-state index contributed by atoms with van der Waals surface area (Å²) in [5.41, 5.74) is 3.15. The first-order valence-corrected chi connectivity index (χ1v) is 14.0. The third-order valence-corrected chi connectivity index (χ3v) is 7.78. The molecule has 0 aromatic heterocycles. The number of ether oxygens (including phenoxy) is 3. The highest BCUT2D eigenvalue weighted by molar-refractivity contribution is 6.31. The van der Waals surface area contributed by atoms with Crippen molar-refractivity contribution in [3.63, 3.8) is 0 Å². The normalized spacial score (nSPS) is 21.6. The molecule has 0 fully saturated rings. The monoisotopic (exact) mass is 567 g/mol. The summed E-state index contributed by atoms with van der Waals surface area (Å²) in [4.78, 5) is 17.4. The van der Waals surface area contributed by atoms with Gasteiger partial charge in [0.1, 0.15) is 23.4 Å². The van der Waals surface area contributed by atoms with Crippen molar-refractivity contribution in [3.8, 4) is 11.5 Å². The van der Waals surface area contributed by atoms with Crippen LogP contribution >= 0.6 is 11.6 Å². The van der Waals surface area contributed by atoms with Crippen molar-refractivity contribution in [2.24, 2.45) is 5.92 Å². The molecule has 1 amide bonds. The van der Waals surface area contributed by atoms with Crippen LogP contribution in [0.1, 0.15) is 24.4 Å². The Bertz CT molecular complexity index is 1300. The van der Waals surface area contributed by atoms with Crippen LogP contribution in [0.25, 0.3) is 0 Å². The Kier molecular flexibility index (Phi) is 9.09. The van der Waals surface area contributed by atoms with Gasteiger partial charge in [-0.05, 0) is 73.5 Å². The molecule has 2 heterocycles. The number of methoxy groups -OCH3 is 1. The third-order valence-electron chi connectivity index (χ3n) is 7.52. The maximum absolute atomic E-state index is 13.5. The molecule has 7 nitrogen and oxygen atoms in total. The van der Waals surface area contributed by atoms with E-state index in [0.29, 0.717) is 31.9 Å². The fourth-order valence-electron chi connectivity index (χ4n) is 5.50. The molecule has 0 saturated carbocycles. The Morgan fingerprint density at radius 1 is 1.15 bits per heavy atom. The Morgan fingerprint density at radius 3 is 2.77 bits per heavy atom. The first kappa shape index (κ1) is 28.2. The second kappa shape index (κ2) is 12.9. The van der Waals surface area contributed by atoms with Crippen molar-refractivity contribution in [2.75, 3.05) is 47.0 Å². The zero-order chi connectivity index (χ0) is 28.1. The van der Waals surface area contributed by atoms with Gasteiger partial charge in [-0.2, -0.15) is 0 Å². The van der Waals surface area contributed by atoms with Crippen LogP contribution in [-0.4, -0.2) is 68.9 Å². The summed E-state index contributed by atoms with van der Waals surface area (Å²) in [6.07, 6.45) is 7.14. The van der Waals surface area contributed by atoms with Crippen molar-refractivity contribution in [3.05, 3.63) is 94.4 Å². The van der Waals surface area contributed by atoms with E-state index >= 15 is 0 Å². The Hall–Kier alpha value is -3.33. The molecule has 1 aliphatic carbocycles. The number of likely N-dealkylation sites (N-methyl/N-ethyl adjacent to an activating group) is 1. The first-order chi connectivity index (χ1) is 19.4. The molecule has 0 radical (unpaired) electrons. The first-order valence-electron chi connectivity index (χ1n) is 13.6. The summed E-state index contributed by atoms with van der Waals surface area (Å²) in [7, 11) is 3.77. The fourth-order valence-corrected chi connectivity index (χ4v) is 5.71. The number of carbonyl (C=O) groups is 1. The van der Waals surface area contributed by atoms with Crippen LogP contribution in [0, 0.1) is 11.7 Å². The molecule has 40 heavy (non-hydrogen) atoms. The molecule has 0 spiro atoms. The second-order valence-corrected chi connectivity index (χ2v) is 10.7. The van der Waals surface area contributed by atoms with Gasteiger partial charge in [-0.1, -0.05) is 35.9 Å². The van der Waals surface area contributed by atoms with E-state index in [0.717, 1.165) is 41.6 Å². The SMILES string of the molecule is COCCN(C)CCCOc1cccc(C2C3=C(CCN2C(=O)Oc2ccc(F)cc2)C2C=C(Cl)C=CC2N3)c1. The Morgan fingerprint density at radius 2 is 1.98 bits per heavy atom. The molecule has 2 aliphatic heterocycles. The van der Waals surface area contributed by atoms with Crippen LogP contribution in [0.3, 0.4) is 0 Å². The zero-order valence-electron chi connectivity index (χ0n) is 22.8. The number of allylic oxidation sites excluding steroid dienone is 2. The van der Waals surface area contributed by atoms with Crippen molar-refractivity contribution in [1.82, 2.24) is 15.1 Å². The van der Waals surface area contributed by atoms with Crippen molar-refractivity contribution >= 4 is 17.7 Å². The standard InChI is InChI=1S/C31H35ClFN3O4/c1-35(16-18-38-2)14-4-17-39-25-6-3-5-21(19-25)30-29-26(27-20-22(32)7-12-28(27)34-29)13-15-36(30)31(37)40-24-10-8-23(33)9-11-24/h3,5-12,19-20,27-28,30,34H,4,13-18H2,1-2H3. The van der Waals surface area contributed by atoms with Gasteiger partial charge in [0.05, 0.1) is 19.3 Å². The molecule has 0 bridgehead atoms. The van der Waals surface area contributed by atoms with E-state index in [2.05, 4.69) is 29.4 Å². The number of hydrogen-bond donors (Lipinski definition) is 1. The van der Waals surface area contributed by atoms with E-state index in [1.165, 1.54) is 29.8 Å². The van der Waals surface area contributed by atoms with E-state index in [-0.39, 0.29) is 17.8 Å². The number of nitrogens with zero attached hydrogens (tertiary/aromatic N) is 2. The molecule has 3 aliphatic rings. The topological polar surface area (TPSA) is 63.3 Å². The molecule has 3 atom stereocenters. The van der Waals surface area contributed by atoms with Crippen LogP contribution in [-0.2, 0) is 4.74 Å². The number of benzene rings is 2. The quantitative estimate of drug-likeness (QED) is 0.374. The molecule has 3 unspecified atom stereocenters. The molecule has 2 aromatic carbocycles. The van der Waals surface area contributed by atoms with Gasteiger partial charge in [-0.15, -0.1) is 0 Å². The summed E-state index contributed by atoms with van der Waals surface area (Å²) >= 11 is 6.36. The second-order valence-electron chi connectivity index (χ2n) is 10.3. The highest BCUT2D eigenvalue weighted by atomic mass is 35.5. The summed E-state index contributed by atoms with van der Waals surface area (Å²) in [5.74, 6) is 0.791. The summed E-state index contributed by atoms with van der Waals surface area (Å²) in [5, 5.41) is 4.37. The average molecular weight is 568 g/mol. The predicted molar refractivity (Wildman–Crippen MR) is 153 cm³/mol. The maximum atomic E-state index is 13.5. The van der Waals surface area contributed by atoms with Crippen LogP contribution in [0.15, 0.2) is 83.1 Å². The summed E-state index contributed by atoms with van der Waals surface area (Å²) < 4.78 is 30.4. The van der Waals surface area contributed by atoms with Crippen molar-refractivity contribution in [1.29, 1.82) is 0 Å². The van der Waals surface area contributed by atoms with E-state index in [9.17, 15) is 9.18 Å². The summed E-state index contributed by atoms with van der Waals surface area (Å²) in [6, 6.07) is 13.0. The van der Waals surface area contributed by atoms with Crippen LogP contribution < -0.4 is 14.8 Å². The van der Waals surface area contributed by atoms with E-state index < -0.39 is 12.1 Å². The number of amides is 1. The highest BCUT2D eigenvalue weighted by Gasteiger charge is 2.43. The summed E-state index contributed by atoms with van der Waals surface area (Å²) in [6.45, 7) is 3.53. The van der Waals surface area contributed by atoms with Gasteiger partial charge >= 0.3 is 6.09 Å². The molecular formula is C31H35ClFN3O4. The minimum atomic E-state index is -0.491. The zero-order valence-corrected chi connectivity index (χ0v) is 23.6. The number of carbonyl (C=O) groups excluding carboxylic acids is 1. The molecule has 5 rings (SSSR count). The van der Waals surface area contributed by atoms with E-state index in [4.69, 9.17) is 25.8 Å². The number of fused-ring (bicyclic) bond motifs is 2. The van der Waals surface area contributed by atoms with E-state index in [1.54, 1.807) is 12.0 Å². The predicted octanol–water partition coefficient (Wildman–Crippen LogP) is 5.65. The lowest BCUT2D eigenvalue weighted by molar-refractivity contribution is 0.133. The van der Waals surface area contributed by atoms with Gasteiger partial charge in [0.2, 0.25) is 0 Å². The van der Waals surface area contributed by atoms with Gasteiger partial charge in [0, 0.05) is 43.4 Å². The lowest BCUT2D eigenvalue weighted by Gasteiger charge is -2.37. The van der Waals surface area contributed by atoms with Gasteiger partial charge in [-0.3, -0.25) is 4.90 Å². The van der Waals surface area contributed by atoms with E-state index in [1.807, 2.05) is 30.3 Å². The lowest BCUT2D eigenvalue weighted by atomic mass is 9.85. The molecule has 2 aromatic rings. The van der Waals surface area contributed by atoms with Gasteiger partial charge < -0.3 is 24.4 Å². The van der Waals surface area contributed by atoms with Gasteiger partial charge in [0.25, 0.3) is 0 Å². The average Bonchev–Trinajstić information content (AvgIpc) is 3.32. The molecule has 9 heteroatoms. The minimum absolute atomic E-state index is 0.0811. The molecular weight excluding hydrogens is 533 g/mol. The number of halogens is 2. The minimum Gasteiger partial charge on any atom is -0.494 e. The van der Waals surface area contributed by atoms with Crippen LogP contribution in [0.4, 0.5) is 9.18 Å². The van der Waals surface area contributed by atoms with Crippen LogP contribution in [0.2, 0.25) is 0 Å². The Labute approximate surface area is 239 Å². The number of nitrogens with one attached hydrogen (secondary N) is 1. The highest BCUT2D eigenvalue weighted by Crippen LogP contribution is 2.45. The molecule has 212 valence electrons. The number of hydrogen-bond acceptors (Lipinski definition) is 6. The number of rotatable bonds is 10. The fraction of sp³-hybridized carbons (Fsp3) is 0.387. The largest absolute Gasteiger partial charge is 0.494 e. The van der Waals surface area contributed by atoms with Crippen molar-refractivity contribution in [2.45, 2.75) is 24.9 Å². The smallest absolute Gasteiger partial charge is 0.416 e. The van der Waals surface area contributed by atoms with Crippen LogP contribution in [0.5, 0.6) is 11.5 Å². The molecule has 1 N–H and O–H groups in total. The van der Waals surface area contributed by atoms with Gasteiger partial charge in [-0.25, -0.2) is 9.18 Å². The van der Waals surface area contributed by atoms with Crippen molar-refractivity contribution < 1.29 is 23.4 Å². The van der Waals surface area contributed by atoms with Gasteiger partial charge in [0.15, 0.2) is 0 Å². The maximum Gasteiger partial charge on any atom is 0.416 e. The Balaban J connectivity index is 1.37. The lowest BCUT2D eigenvalue weighted by Crippen LogP contribution is -2.43. The molecule has 0 saturated heterocycles.